The summed E-state index contributed by atoms with van der Waals surface area (Å²) in [5.74, 6) is -0.567. The third-order valence-electron chi connectivity index (χ3n) is 3.05. The molecule has 24 heavy (non-hydrogen) atoms. The van der Waals surface area contributed by atoms with Crippen LogP contribution in [-0.2, 0) is 9.59 Å². The van der Waals surface area contributed by atoms with Gasteiger partial charge in [0.2, 0.25) is 11.8 Å². The lowest BCUT2D eigenvalue weighted by Gasteiger charge is -2.23. The Balaban J connectivity index is 2.80. The Hall–Kier alpha value is -2.45. The number of carbonyl (C=O) groups excluding carboxylic acids is 2. The summed E-state index contributed by atoms with van der Waals surface area (Å²) in [5.41, 5.74) is 0.862. The van der Waals surface area contributed by atoms with E-state index in [9.17, 15) is 22.8 Å². The van der Waals surface area contributed by atoms with Crippen LogP contribution in [0.4, 0.5) is 24.5 Å². The molecule has 0 heterocycles. The Morgan fingerprint density at radius 2 is 1.96 bits per heavy atom. The van der Waals surface area contributed by atoms with Gasteiger partial charge in [0.1, 0.15) is 12.3 Å². The van der Waals surface area contributed by atoms with Gasteiger partial charge in [-0.2, -0.15) is 13.2 Å². The van der Waals surface area contributed by atoms with Crippen molar-refractivity contribution >= 4 is 23.2 Å². The van der Waals surface area contributed by atoms with E-state index < -0.39 is 18.6 Å². The molecule has 6 nitrogen and oxygen atoms in total. The van der Waals surface area contributed by atoms with E-state index in [2.05, 4.69) is 10.6 Å². The molecule has 1 aromatic carbocycles. The minimum atomic E-state index is -4.45. The van der Waals surface area contributed by atoms with Crippen LogP contribution in [0.15, 0.2) is 18.2 Å². The van der Waals surface area contributed by atoms with Crippen LogP contribution in [0.25, 0.3) is 0 Å². The number of likely N-dealkylation sites (N-methyl/N-ethyl adjacent to an activating group) is 1. The number of halogens is 3. The fraction of sp³-hybridized carbons (Fsp3) is 0.467. The summed E-state index contributed by atoms with van der Waals surface area (Å²) in [6.45, 7) is 1.14. The van der Waals surface area contributed by atoms with Gasteiger partial charge in [-0.25, -0.2) is 0 Å². The number of anilines is 2. The number of carbonyl (C=O) groups is 2. The summed E-state index contributed by atoms with van der Waals surface area (Å²) in [7, 11) is 1.42. The number of hydrogen-bond donors (Lipinski definition) is 2. The van der Waals surface area contributed by atoms with E-state index in [4.69, 9.17) is 4.74 Å². The molecule has 0 saturated carbocycles. The van der Waals surface area contributed by atoms with Crippen molar-refractivity contribution in [2.24, 2.45) is 0 Å². The van der Waals surface area contributed by atoms with Gasteiger partial charge >= 0.3 is 6.18 Å². The predicted octanol–water partition coefficient (Wildman–Crippen LogP) is 2.48. The van der Waals surface area contributed by atoms with Gasteiger partial charge in [-0.05, 0) is 25.1 Å². The van der Waals surface area contributed by atoms with E-state index in [-0.39, 0.29) is 19.0 Å². The van der Waals surface area contributed by atoms with Crippen molar-refractivity contribution in [3.8, 4) is 5.75 Å². The molecular weight excluding hydrogens is 327 g/mol. The molecule has 134 valence electrons. The first kappa shape index (κ1) is 19.6. The maximum Gasteiger partial charge on any atom is 0.406 e. The van der Waals surface area contributed by atoms with Crippen molar-refractivity contribution in [3.63, 3.8) is 0 Å². The summed E-state index contributed by atoms with van der Waals surface area (Å²) < 4.78 is 42.4. The van der Waals surface area contributed by atoms with Gasteiger partial charge in [0, 0.05) is 19.2 Å². The zero-order valence-electron chi connectivity index (χ0n) is 13.7. The second-order valence-corrected chi connectivity index (χ2v) is 4.97. The van der Waals surface area contributed by atoms with Crippen molar-refractivity contribution in [2.75, 3.05) is 37.4 Å². The zero-order chi connectivity index (χ0) is 18.3. The Kier molecular flexibility index (Phi) is 6.87. The van der Waals surface area contributed by atoms with E-state index in [0.717, 1.165) is 0 Å². The van der Waals surface area contributed by atoms with E-state index >= 15 is 0 Å². The third-order valence-corrected chi connectivity index (χ3v) is 3.05. The first-order chi connectivity index (χ1) is 11.2. The standard InChI is InChI=1S/C15H20F3N3O3/c1-4-21(9-15(16,17)18)14(23)8-19-12-7-11(20-10(2)22)5-6-13(12)24-3/h5-7,19H,4,8-9H2,1-3H3,(H,20,22). The van der Waals surface area contributed by atoms with Crippen molar-refractivity contribution in [1.82, 2.24) is 4.90 Å². The van der Waals surface area contributed by atoms with Crippen LogP contribution < -0.4 is 15.4 Å². The number of ether oxygens (including phenoxy) is 1. The first-order valence-corrected chi connectivity index (χ1v) is 7.20. The highest BCUT2D eigenvalue weighted by Gasteiger charge is 2.32. The summed E-state index contributed by atoms with van der Waals surface area (Å²) in [4.78, 5) is 23.7. The van der Waals surface area contributed by atoms with E-state index in [0.29, 0.717) is 22.0 Å². The van der Waals surface area contributed by atoms with Gasteiger partial charge in [0.25, 0.3) is 0 Å². The summed E-state index contributed by atoms with van der Waals surface area (Å²) in [5, 5.41) is 5.31. The molecule has 0 aliphatic heterocycles. The van der Waals surface area contributed by atoms with Crippen LogP contribution in [-0.4, -0.2) is 49.6 Å². The van der Waals surface area contributed by atoms with Crippen LogP contribution >= 0.6 is 0 Å². The predicted molar refractivity (Wildman–Crippen MR) is 84.1 cm³/mol. The summed E-state index contributed by atoms with van der Waals surface area (Å²) in [6.07, 6.45) is -4.45. The molecule has 0 aromatic heterocycles. The fourth-order valence-electron chi connectivity index (χ4n) is 2.00. The van der Waals surface area contributed by atoms with Crippen molar-refractivity contribution in [2.45, 2.75) is 20.0 Å². The molecule has 0 fully saturated rings. The van der Waals surface area contributed by atoms with Crippen LogP contribution in [0.1, 0.15) is 13.8 Å². The Bertz CT molecular complexity index is 591. The summed E-state index contributed by atoms with van der Waals surface area (Å²) in [6, 6.07) is 4.72. The number of benzene rings is 1. The SMILES string of the molecule is CCN(CC(F)(F)F)C(=O)CNc1cc(NC(C)=O)ccc1OC. The summed E-state index contributed by atoms with van der Waals surface area (Å²) >= 11 is 0. The van der Waals surface area contributed by atoms with Gasteiger partial charge in [0.15, 0.2) is 0 Å². The molecule has 2 amide bonds. The molecule has 0 bridgehead atoms. The molecule has 9 heteroatoms. The fourth-order valence-corrected chi connectivity index (χ4v) is 2.00. The largest absolute Gasteiger partial charge is 0.495 e. The Morgan fingerprint density at radius 1 is 1.29 bits per heavy atom. The molecule has 1 rings (SSSR count). The van der Waals surface area contributed by atoms with Gasteiger partial charge in [-0.1, -0.05) is 0 Å². The first-order valence-electron chi connectivity index (χ1n) is 7.20. The Labute approximate surface area is 138 Å². The van der Waals surface area contributed by atoms with Crippen LogP contribution in [0, 0.1) is 0 Å². The number of alkyl halides is 3. The van der Waals surface area contributed by atoms with Gasteiger partial charge in [-0.15, -0.1) is 0 Å². The number of methoxy groups -OCH3 is 1. The minimum Gasteiger partial charge on any atom is -0.495 e. The molecular formula is C15H20F3N3O3. The second-order valence-electron chi connectivity index (χ2n) is 4.97. The number of nitrogens with zero attached hydrogens (tertiary/aromatic N) is 1. The number of nitrogens with one attached hydrogen (secondary N) is 2. The maximum atomic E-state index is 12.4. The lowest BCUT2D eigenvalue weighted by Crippen LogP contribution is -2.41. The van der Waals surface area contributed by atoms with E-state index in [1.54, 1.807) is 12.1 Å². The monoisotopic (exact) mass is 347 g/mol. The van der Waals surface area contributed by atoms with Crippen LogP contribution in [0.5, 0.6) is 5.75 Å². The lowest BCUT2D eigenvalue weighted by molar-refractivity contribution is -0.159. The molecule has 2 N–H and O–H groups in total. The topological polar surface area (TPSA) is 70.7 Å². The van der Waals surface area contributed by atoms with E-state index in [1.807, 2.05) is 0 Å². The number of hydrogen-bond acceptors (Lipinski definition) is 4. The highest BCUT2D eigenvalue weighted by atomic mass is 19.4. The second kappa shape index (κ2) is 8.42. The molecule has 0 saturated heterocycles. The highest BCUT2D eigenvalue weighted by Crippen LogP contribution is 2.27. The molecule has 0 aliphatic rings. The normalized spacial score (nSPS) is 10.9. The van der Waals surface area contributed by atoms with E-state index in [1.165, 1.54) is 27.0 Å². The molecule has 0 atom stereocenters. The van der Waals surface area contributed by atoms with Crippen molar-refractivity contribution in [3.05, 3.63) is 18.2 Å². The smallest absolute Gasteiger partial charge is 0.406 e. The number of amides is 2. The average Bonchev–Trinajstić information content (AvgIpc) is 2.49. The number of rotatable bonds is 7. The minimum absolute atomic E-state index is 0.0525. The van der Waals surface area contributed by atoms with Crippen molar-refractivity contribution < 1.29 is 27.5 Å². The molecule has 0 radical (unpaired) electrons. The maximum absolute atomic E-state index is 12.4. The van der Waals surface area contributed by atoms with Crippen LogP contribution in [0.2, 0.25) is 0 Å². The zero-order valence-corrected chi connectivity index (χ0v) is 13.7. The third kappa shape index (κ3) is 6.35. The highest BCUT2D eigenvalue weighted by molar-refractivity contribution is 5.90. The van der Waals surface area contributed by atoms with Gasteiger partial charge in [-0.3, -0.25) is 9.59 Å². The lowest BCUT2D eigenvalue weighted by atomic mass is 10.2. The quantitative estimate of drug-likeness (QED) is 0.795. The molecule has 0 unspecified atom stereocenters. The molecule has 1 aromatic rings. The van der Waals surface area contributed by atoms with Gasteiger partial charge < -0.3 is 20.3 Å². The Morgan fingerprint density at radius 3 is 2.46 bits per heavy atom. The molecule has 0 spiro atoms. The van der Waals surface area contributed by atoms with Crippen LogP contribution in [0.3, 0.4) is 0 Å². The van der Waals surface area contributed by atoms with Gasteiger partial charge in [0.05, 0.1) is 19.3 Å². The van der Waals surface area contributed by atoms with Crippen molar-refractivity contribution in [1.29, 1.82) is 0 Å². The molecule has 0 aliphatic carbocycles. The average molecular weight is 347 g/mol.